The number of rotatable bonds is 5. The molecule has 0 bridgehead atoms. The van der Waals surface area contributed by atoms with Crippen LogP contribution in [0.25, 0.3) is 10.9 Å². The number of carbonyl (C=O) groups is 1. The number of hydrogen-bond acceptors (Lipinski definition) is 6. The summed E-state index contributed by atoms with van der Waals surface area (Å²) in [5, 5.41) is 3.45. The van der Waals surface area contributed by atoms with Crippen LogP contribution in [0.3, 0.4) is 0 Å². The molecule has 0 spiro atoms. The number of hydrogen-bond donors (Lipinski definition) is 1. The standard InChI is InChI=1S/C20H16Cl2FN5O2/c1-2-17(29)28-6-5-11(9-28)30-16-7-12-15(8-24-16)25-10-26-20(12)27-14-4-3-13(21)18(22)19(14)23/h2-4,7-8,10-11H,1,5-6,9H2,(H,25,26,27). The number of benzene rings is 1. The number of pyridine rings is 1. The average molecular weight is 448 g/mol. The lowest BCUT2D eigenvalue weighted by atomic mass is 10.2. The Morgan fingerprint density at radius 2 is 2.17 bits per heavy atom. The molecule has 30 heavy (non-hydrogen) atoms. The SMILES string of the molecule is C=CC(=O)N1CCC(Oc2cc3c(Nc4ccc(Cl)c(Cl)c4F)ncnc3cn2)C1. The predicted octanol–water partition coefficient (Wildman–Crippen LogP) is 4.38. The van der Waals surface area contributed by atoms with Crippen molar-refractivity contribution in [3.8, 4) is 5.88 Å². The van der Waals surface area contributed by atoms with Crippen LogP contribution in [0.5, 0.6) is 5.88 Å². The minimum absolute atomic E-state index is 0.118. The minimum Gasteiger partial charge on any atom is -0.472 e. The number of ether oxygens (including phenoxy) is 1. The lowest BCUT2D eigenvalue weighted by Crippen LogP contribution is -2.29. The topological polar surface area (TPSA) is 80.2 Å². The molecule has 1 saturated heterocycles. The highest BCUT2D eigenvalue weighted by Crippen LogP contribution is 2.33. The Bertz CT molecular complexity index is 1140. The van der Waals surface area contributed by atoms with E-state index >= 15 is 0 Å². The summed E-state index contributed by atoms with van der Waals surface area (Å²) in [6.45, 7) is 4.55. The molecule has 7 nitrogen and oxygen atoms in total. The van der Waals surface area contributed by atoms with Gasteiger partial charge in [-0.15, -0.1) is 0 Å². The molecule has 1 aliphatic heterocycles. The average Bonchev–Trinajstić information content (AvgIpc) is 3.22. The molecule has 10 heteroatoms. The van der Waals surface area contributed by atoms with Crippen LogP contribution in [0.1, 0.15) is 6.42 Å². The number of aromatic nitrogens is 3. The van der Waals surface area contributed by atoms with Crippen molar-refractivity contribution >= 4 is 51.5 Å². The molecule has 1 amide bonds. The second-order valence-corrected chi connectivity index (χ2v) is 7.41. The van der Waals surface area contributed by atoms with E-state index < -0.39 is 5.82 Å². The Kier molecular flexibility index (Phi) is 5.69. The van der Waals surface area contributed by atoms with Crippen LogP contribution in [-0.2, 0) is 4.79 Å². The van der Waals surface area contributed by atoms with Gasteiger partial charge < -0.3 is 15.0 Å². The maximum atomic E-state index is 14.4. The predicted molar refractivity (Wildman–Crippen MR) is 113 cm³/mol. The molecular weight excluding hydrogens is 432 g/mol. The monoisotopic (exact) mass is 447 g/mol. The van der Waals surface area contributed by atoms with Crippen LogP contribution >= 0.6 is 23.2 Å². The summed E-state index contributed by atoms with van der Waals surface area (Å²) in [4.78, 5) is 26.1. The molecular formula is C20H16Cl2FN5O2. The Morgan fingerprint density at radius 3 is 2.97 bits per heavy atom. The number of fused-ring (bicyclic) bond motifs is 1. The summed E-state index contributed by atoms with van der Waals surface area (Å²) >= 11 is 11.7. The normalized spacial score (nSPS) is 16.0. The van der Waals surface area contributed by atoms with Gasteiger partial charge in [-0.1, -0.05) is 29.8 Å². The minimum atomic E-state index is -0.681. The van der Waals surface area contributed by atoms with E-state index in [1.807, 2.05) is 0 Å². The van der Waals surface area contributed by atoms with Gasteiger partial charge in [-0.05, 0) is 18.2 Å². The van der Waals surface area contributed by atoms with Gasteiger partial charge in [0.15, 0.2) is 5.82 Å². The molecule has 1 aromatic carbocycles. The zero-order valence-corrected chi connectivity index (χ0v) is 17.1. The Labute approximate surface area is 181 Å². The molecule has 0 aliphatic carbocycles. The highest BCUT2D eigenvalue weighted by Gasteiger charge is 2.26. The van der Waals surface area contributed by atoms with Crippen molar-refractivity contribution in [1.82, 2.24) is 19.9 Å². The first-order chi connectivity index (χ1) is 14.5. The number of likely N-dealkylation sites (tertiary alicyclic amines) is 1. The van der Waals surface area contributed by atoms with Crippen molar-refractivity contribution in [3.63, 3.8) is 0 Å². The molecule has 1 atom stereocenters. The van der Waals surface area contributed by atoms with Crippen molar-refractivity contribution in [2.45, 2.75) is 12.5 Å². The fourth-order valence-corrected chi connectivity index (χ4v) is 3.49. The van der Waals surface area contributed by atoms with E-state index in [1.54, 1.807) is 17.2 Å². The Morgan fingerprint density at radius 1 is 1.33 bits per heavy atom. The van der Waals surface area contributed by atoms with Crippen molar-refractivity contribution in [2.24, 2.45) is 0 Å². The Hall–Kier alpha value is -2.97. The van der Waals surface area contributed by atoms with E-state index in [4.69, 9.17) is 27.9 Å². The van der Waals surface area contributed by atoms with Crippen LogP contribution in [0.4, 0.5) is 15.9 Å². The third-order valence-electron chi connectivity index (χ3n) is 4.70. The van der Waals surface area contributed by atoms with E-state index in [0.29, 0.717) is 42.1 Å². The first-order valence-electron chi connectivity index (χ1n) is 9.05. The van der Waals surface area contributed by atoms with E-state index in [9.17, 15) is 9.18 Å². The molecule has 4 rings (SSSR count). The molecule has 3 heterocycles. The molecule has 2 aromatic heterocycles. The largest absolute Gasteiger partial charge is 0.472 e. The van der Waals surface area contributed by atoms with Crippen LogP contribution in [0, 0.1) is 5.82 Å². The maximum Gasteiger partial charge on any atom is 0.246 e. The van der Waals surface area contributed by atoms with Gasteiger partial charge in [0.05, 0.1) is 34.0 Å². The number of halogens is 3. The molecule has 1 N–H and O–H groups in total. The van der Waals surface area contributed by atoms with Gasteiger partial charge in [-0.2, -0.15) is 0 Å². The second-order valence-electron chi connectivity index (χ2n) is 6.63. The van der Waals surface area contributed by atoms with Gasteiger partial charge in [0, 0.05) is 24.4 Å². The van der Waals surface area contributed by atoms with E-state index in [2.05, 4.69) is 26.8 Å². The van der Waals surface area contributed by atoms with Crippen LogP contribution in [0.15, 0.2) is 43.4 Å². The highest BCUT2D eigenvalue weighted by atomic mass is 35.5. The Balaban J connectivity index is 1.59. The zero-order valence-electron chi connectivity index (χ0n) is 15.6. The molecule has 0 saturated carbocycles. The summed E-state index contributed by atoms with van der Waals surface area (Å²) in [7, 11) is 0. The number of amides is 1. The number of carbonyl (C=O) groups excluding carboxylic acids is 1. The third kappa shape index (κ3) is 4.01. The van der Waals surface area contributed by atoms with Crippen molar-refractivity contribution in [2.75, 3.05) is 18.4 Å². The van der Waals surface area contributed by atoms with Crippen LogP contribution < -0.4 is 10.1 Å². The fourth-order valence-electron chi connectivity index (χ4n) is 3.18. The number of nitrogens with zero attached hydrogens (tertiary/aromatic N) is 4. The lowest BCUT2D eigenvalue weighted by Gasteiger charge is -2.16. The van der Waals surface area contributed by atoms with Gasteiger partial charge in [0.2, 0.25) is 11.8 Å². The van der Waals surface area contributed by atoms with Gasteiger partial charge in [0.25, 0.3) is 0 Å². The quantitative estimate of drug-likeness (QED) is 0.461. The molecule has 0 radical (unpaired) electrons. The van der Waals surface area contributed by atoms with Gasteiger partial charge >= 0.3 is 0 Å². The van der Waals surface area contributed by atoms with Crippen LogP contribution in [0.2, 0.25) is 10.0 Å². The van der Waals surface area contributed by atoms with Gasteiger partial charge in [0.1, 0.15) is 18.2 Å². The maximum absolute atomic E-state index is 14.4. The molecule has 154 valence electrons. The second kappa shape index (κ2) is 8.41. The smallest absolute Gasteiger partial charge is 0.246 e. The van der Waals surface area contributed by atoms with Crippen molar-refractivity contribution < 1.29 is 13.9 Å². The van der Waals surface area contributed by atoms with E-state index in [-0.39, 0.29) is 27.7 Å². The molecule has 1 fully saturated rings. The van der Waals surface area contributed by atoms with E-state index in [1.165, 1.54) is 24.5 Å². The number of nitrogens with one attached hydrogen (secondary N) is 1. The van der Waals surface area contributed by atoms with E-state index in [0.717, 1.165) is 0 Å². The molecule has 3 aromatic rings. The van der Waals surface area contributed by atoms with Gasteiger partial charge in [-0.25, -0.2) is 19.3 Å². The summed E-state index contributed by atoms with van der Waals surface area (Å²) in [6, 6.07) is 4.63. The van der Waals surface area contributed by atoms with Crippen molar-refractivity contribution in [3.05, 3.63) is 59.2 Å². The first kappa shape index (κ1) is 20.3. The lowest BCUT2D eigenvalue weighted by molar-refractivity contribution is -0.125. The van der Waals surface area contributed by atoms with Crippen LogP contribution in [-0.4, -0.2) is 45.0 Å². The zero-order chi connectivity index (χ0) is 21.3. The first-order valence-corrected chi connectivity index (χ1v) is 9.81. The summed E-state index contributed by atoms with van der Waals surface area (Å²) in [5.74, 6) is -0.0946. The third-order valence-corrected chi connectivity index (χ3v) is 5.48. The highest BCUT2D eigenvalue weighted by molar-refractivity contribution is 6.42. The number of anilines is 2. The fraction of sp³-hybridized carbons (Fsp3) is 0.200. The van der Waals surface area contributed by atoms with Crippen molar-refractivity contribution in [1.29, 1.82) is 0 Å². The van der Waals surface area contributed by atoms with Gasteiger partial charge in [-0.3, -0.25) is 4.79 Å². The summed E-state index contributed by atoms with van der Waals surface area (Å²) in [5.41, 5.74) is 0.674. The molecule has 1 unspecified atom stereocenters. The summed E-state index contributed by atoms with van der Waals surface area (Å²) in [6.07, 6.45) is 4.67. The molecule has 1 aliphatic rings. The summed E-state index contributed by atoms with van der Waals surface area (Å²) < 4.78 is 20.4.